The number of nitrogens with zero attached hydrogens (tertiary/aromatic N) is 2. The van der Waals surface area contributed by atoms with E-state index >= 15 is 0 Å². The number of aromatic nitrogens is 1. The zero-order chi connectivity index (χ0) is 22.4. The zero-order valence-electron chi connectivity index (χ0n) is 17.2. The highest BCUT2D eigenvalue weighted by Gasteiger charge is 2.32. The molecule has 1 aromatic heterocycles. The fraction of sp³-hybridized carbons (Fsp3) is 0.120. The monoisotopic (exact) mass is 431 g/mol. The third kappa shape index (κ3) is 3.13. The van der Waals surface area contributed by atoms with Gasteiger partial charge < -0.3 is 15.4 Å². The molecule has 0 unspecified atom stereocenters. The highest BCUT2D eigenvalue weighted by molar-refractivity contribution is 6.11. The lowest BCUT2D eigenvalue weighted by Crippen LogP contribution is -2.23. The first-order valence-electron chi connectivity index (χ1n) is 10.1. The van der Waals surface area contributed by atoms with Crippen molar-refractivity contribution in [1.29, 1.82) is 0 Å². The molecule has 5 rings (SSSR count). The largest absolute Gasteiger partial charge is 0.497 e. The number of nitrogens with two attached hydrogens (primary N) is 1. The SMILES string of the molecule is COc1ccc(CN2Cc3nc4c(-c5cccc(F)c5F)cccc4c(N)c3C2=O)cc1. The Kier molecular flexibility index (Phi) is 4.74. The second-order valence-electron chi connectivity index (χ2n) is 7.66. The van der Waals surface area contributed by atoms with Gasteiger partial charge in [0.1, 0.15) is 5.75 Å². The van der Waals surface area contributed by atoms with E-state index in [1.54, 1.807) is 30.2 Å². The maximum absolute atomic E-state index is 14.5. The van der Waals surface area contributed by atoms with Gasteiger partial charge >= 0.3 is 0 Å². The van der Waals surface area contributed by atoms with Crippen LogP contribution in [0.4, 0.5) is 14.5 Å². The van der Waals surface area contributed by atoms with Gasteiger partial charge in [-0.1, -0.05) is 42.5 Å². The molecule has 0 fully saturated rings. The number of carbonyl (C=O) groups excluding carboxylic acids is 1. The number of rotatable bonds is 4. The number of hydrogen-bond acceptors (Lipinski definition) is 4. The second-order valence-corrected chi connectivity index (χ2v) is 7.66. The molecule has 0 saturated heterocycles. The number of fused-ring (bicyclic) bond motifs is 2. The van der Waals surface area contributed by atoms with Crippen LogP contribution in [0.3, 0.4) is 0 Å². The van der Waals surface area contributed by atoms with Crippen LogP contribution in [0.15, 0.2) is 60.7 Å². The summed E-state index contributed by atoms with van der Waals surface area (Å²) in [7, 11) is 1.60. The van der Waals surface area contributed by atoms with Crippen LogP contribution >= 0.6 is 0 Å². The van der Waals surface area contributed by atoms with Crippen molar-refractivity contribution in [3.8, 4) is 16.9 Å². The van der Waals surface area contributed by atoms with Crippen molar-refractivity contribution >= 4 is 22.5 Å². The standard InChI is InChI=1S/C25H19F2N3O2/c1-32-15-10-8-14(9-11-15)12-30-13-20-21(25(30)31)23(28)18-6-2-5-17(24(18)29-20)16-4-3-7-19(26)22(16)27/h2-11H,12-13H2,1H3,(H2,28,29). The molecule has 1 aliphatic heterocycles. The minimum atomic E-state index is -0.946. The molecular formula is C25H19F2N3O2. The van der Waals surface area contributed by atoms with Crippen LogP contribution in [-0.4, -0.2) is 22.9 Å². The summed E-state index contributed by atoms with van der Waals surface area (Å²) in [6.07, 6.45) is 0. The molecule has 0 aliphatic carbocycles. The van der Waals surface area contributed by atoms with Gasteiger partial charge in [-0.25, -0.2) is 13.8 Å². The van der Waals surface area contributed by atoms with E-state index in [0.29, 0.717) is 40.0 Å². The highest BCUT2D eigenvalue weighted by Crippen LogP contribution is 2.37. The van der Waals surface area contributed by atoms with Crippen molar-refractivity contribution in [3.63, 3.8) is 0 Å². The average Bonchev–Trinajstić information content (AvgIpc) is 3.11. The van der Waals surface area contributed by atoms with Gasteiger partial charge in [0.05, 0.1) is 36.1 Å². The van der Waals surface area contributed by atoms with E-state index in [-0.39, 0.29) is 18.0 Å². The molecule has 0 bridgehead atoms. The Hall–Kier alpha value is -4.00. The highest BCUT2D eigenvalue weighted by atomic mass is 19.2. The van der Waals surface area contributed by atoms with Gasteiger partial charge in [-0.05, 0) is 23.8 Å². The quantitative estimate of drug-likeness (QED) is 0.498. The summed E-state index contributed by atoms with van der Waals surface area (Å²) in [5.41, 5.74) is 9.49. The third-order valence-corrected chi connectivity index (χ3v) is 5.75. The van der Waals surface area contributed by atoms with Crippen LogP contribution < -0.4 is 10.5 Å². The van der Waals surface area contributed by atoms with Crippen LogP contribution in [-0.2, 0) is 13.1 Å². The second kappa shape index (κ2) is 7.60. The smallest absolute Gasteiger partial charge is 0.258 e. The predicted molar refractivity (Wildman–Crippen MR) is 118 cm³/mol. The first-order valence-corrected chi connectivity index (χ1v) is 10.1. The fourth-order valence-corrected chi connectivity index (χ4v) is 4.13. The van der Waals surface area contributed by atoms with Crippen LogP contribution in [0, 0.1) is 11.6 Å². The minimum Gasteiger partial charge on any atom is -0.497 e. The number of halogens is 2. The normalized spacial score (nSPS) is 13.0. The van der Waals surface area contributed by atoms with Crippen LogP contribution in [0.5, 0.6) is 5.75 Å². The van der Waals surface area contributed by atoms with Crippen LogP contribution in [0.2, 0.25) is 0 Å². The number of nitrogen functional groups attached to an aromatic ring is 1. The number of ether oxygens (including phenoxy) is 1. The number of amides is 1. The minimum absolute atomic E-state index is 0.0989. The fourth-order valence-electron chi connectivity index (χ4n) is 4.13. The van der Waals surface area contributed by atoms with Gasteiger partial charge in [-0.15, -0.1) is 0 Å². The number of pyridine rings is 1. The Morgan fingerprint density at radius 2 is 1.75 bits per heavy atom. The molecule has 7 heteroatoms. The summed E-state index contributed by atoms with van der Waals surface area (Å²) in [5, 5.41) is 0.532. The number of anilines is 1. The van der Waals surface area contributed by atoms with E-state index in [1.807, 2.05) is 24.3 Å². The lowest BCUT2D eigenvalue weighted by molar-refractivity contribution is 0.0767. The number of benzene rings is 3. The van der Waals surface area contributed by atoms with Crippen molar-refractivity contribution < 1.29 is 18.3 Å². The average molecular weight is 431 g/mol. The van der Waals surface area contributed by atoms with Gasteiger partial charge in [0.2, 0.25) is 0 Å². The summed E-state index contributed by atoms with van der Waals surface area (Å²) in [6, 6.07) is 16.6. The van der Waals surface area contributed by atoms with Gasteiger partial charge in [-0.3, -0.25) is 4.79 Å². The van der Waals surface area contributed by atoms with Crippen molar-refractivity contribution in [2.24, 2.45) is 0 Å². The van der Waals surface area contributed by atoms with Gasteiger partial charge in [-0.2, -0.15) is 0 Å². The maximum atomic E-state index is 14.5. The van der Waals surface area contributed by atoms with E-state index in [4.69, 9.17) is 10.5 Å². The molecule has 32 heavy (non-hydrogen) atoms. The summed E-state index contributed by atoms with van der Waals surface area (Å²) in [6.45, 7) is 0.667. The maximum Gasteiger partial charge on any atom is 0.258 e. The molecule has 1 amide bonds. The summed E-state index contributed by atoms with van der Waals surface area (Å²) in [5.74, 6) is -1.35. The Labute approximate surface area is 183 Å². The molecule has 0 atom stereocenters. The van der Waals surface area contributed by atoms with E-state index in [2.05, 4.69) is 4.98 Å². The van der Waals surface area contributed by atoms with Crippen LogP contribution in [0.25, 0.3) is 22.0 Å². The lowest BCUT2D eigenvalue weighted by Gasteiger charge is -2.15. The first-order chi connectivity index (χ1) is 15.5. The van der Waals surface area contributed by atoms with Crippen molar-refractivity contribution in [1.82, 2.24) is 9.88 Å². The molecule has 2 N–H and O–H groups in total. The van der Waals surface area contributed by atoms with E-state index < -0.39 is 11.6 Å². The molecule has 3 aromatic carbocycles. The molecular weight excluding hydrogens is 412 g/mol. The van der Waals surface area contributed by atoms with Gasteiger partial charge in [0, 0.05) is 23.1 Å². The Balaban J connectivity index is 1.57. The molecule has 160 valence electrons. The van der Waals surface area contributed by atoms with Gasteiger partial charge in [0.25, 0.3) is 5.91 Å². The number of carbonyl (C=O) groups is 1. The van der Waals surface area contributed by atoms with E-state index in [9.17, 15) is 13.6 Å². The Bertz CT molecular complexity index is 1370. The molecule has 5 nitrogen and oxygen atoms in total. The van der Waals surface area contributed by atoms with Crippen molar-refractivity contribution in [3.05, 3.63) is 89.1 Å². The predicted octanol–water partition coefficient (Wildman–Crippen LogP) is 4.93. The van der Waals surface area contributed by atoms with Crippen LogP contribution in [0.1, 0.15) is 21.6 Å². The first kappa shape index (κ1) is 19.9. The Morgan fingerprint density at radius 3 is 2.50 bits per heavy atom. The summed E-state index contributed by atoms with van der Waals surface area (Å²) >= 11 is 0. The molecule has 4 aromatic rings. The molecule has 0 spiro atoms. The zero-order valence-corrected chi connectivity index (χ0v) is 17.2. The number of hydrogen-bond donors (Lipinski definition) is 1. The van der Waals surface area contributed by atoms with E-state index in [1.165, 1.54) is 12.1 Å². The summed E-state index contributed by atoms with van der Waals surface area (Å²) in [4.78, 5) is 19.5. The molecule has 1 aliphatic rings. The van der Waals surface area contributed by atoms with Crippen molar-refractivity contribution in [2.45, 2.75) is 13.1 Å². The third-order valence-electron chi connectivity index (χ3n) is 5.75. The number of methoxy groups -OCH3 is 1. The number of para-hydroxylation sites is 1. The lowest BCUT2D eigenvalue weighted by atomic mass is 9.98. The Morgan fingerprint density at radius 1 is 1.03 bits per heavy atom. The summed E-state index contributed by atoms with van der Waals surface area (Å²) < 4.78 is 33.5. The molecule has 0 saturated carbocycles. The topological polar surface area (TPSA) is 68.4 Å². The molecule has 2 heterocycles. The van der Waals surface area contributed by atoms with Gasteiger partial charge in [0.15, 0.2) is 11.6 Å². The molecule has 0 radical (unpaired) electrons. The van der Waals surface area contributed by atoms with E-state index in [0.717, 1.165) is 17.4 Å². The van der Waals surface area contributed by atoms with Crippen molar-refractivity contribution in [2.75, 3.05) is 12.8 Å².